The van der Waals surface area contributed by atoms with E-state index in [1.54, 1.807) is 7.11 Å². The van der Waals surface area contributed by atoms with E-state index in [1.807, 2.05) is 12.1 Å². The zero-order chi connectivity index (χ0) is 17.7. The summed E-state index contributed by atoms with van der Waals surface area (Å²) in [7, 11) is 3.75. The molecule has 0 amide bonds. The van der Waals surface area contributed by atoms with E-state index in [4.69, 9.17) is 4.84 Å². The Kier molecular flexibility index (Phi) is 20.9. The van der Waals surface area contributed by atoms with E-state index in [1.165, 1.54) is 116 Å². The maximum Gasteiger partial charge on any atom is 0.0575 e. The van der Waals surface area contributed by atoms with Crippen molar-refractivity contribution in [3.05, 3.63) is 0 Å². The Morgan fingerprint density at radius 1 is 0.500 bits per heavy atom. The lowest BCUT2D eigenvalue weighted by molar-refractivity contribution is -0.109. The Morgan fingerprint density at radius 3 is 1.08 bits per heavy atom. The fourth-order valence-corrected chi connectivity index (χ4v) is 3.33. The molecule has 0 saturated carbocycles. The molecule has 0 aliphatic heterocycles. The molecule has 0 N–H and O–H groups in total. The molecule has 0 radical (unpaired) electrons. The van der Waals surface area contributed by atoms with E-state index in [-0.39, 0.29) is 0 Å². The van der Waals surface area contributed by atoms with Crippen LogP contribution in [0.2, 0.25) is 0 Å². The summed E-state index contributed by atoms with van der Waals surface area (Å²) < 4.78 is 0. The van der Waals surface area contributed by atoms with Gasteiger partial charge in [-0.05, 0) is 6.42 Å². The normalized spacial score (nSPS) is 11.5. The lowest BCUT2D eigenvalue weighted by Gasteiger charge is -2.12. The van der Waals surface area contributed by atoms with Crippen LogP contribution in [0.5, 0.6) is 0 Å². The van der Waals surface area contributed by atoms with Gasteiger partial charge in [-0.15, -0.1) is 0 Å². The molecule has 146 valence electrons. The maximum absolute atomic E-state index is 5.12. The predicted molar refractivity (Wildman–Crippen MR) is 108 cm³/mol. The summed E-state index contributed by atoms with van der Waals surface area (Å²) in [5.74, 6) is 0. The van der Waals surface area contributed by atoms with E-state index in [0.29, 0.717) is 0 Å². The first-order valence-corrected chi connectivity index (χ1v) is 11.1. The average Bonchev–Trinajstić information content (AvgIpc) is 2.60. The van der Waals surface area contributed by atoms with Gasteiger partial charge in [0, 0.05) is 13.6 Å². The molecule has 0 heterocycles. The molecule has 0 atom stereocenters. The maximum atomic E-state index is 5.12. The van der Waals surface area contributed by atoms with Gasteiger partial charge in [-0.2, -0.15) is 5.06 Å². The highest BCUT2D eigenvalue weighted by atomic mass is 16.7. The molecule has 0 unspecified atom stereocenters. The highest BCUT2D eigenvalue weighted by Crippen LogP contribution is 2.14. The van der Waals surface area contributed by atoms with Crippen LogP contribution in [0.1, 0.15) is 122 Å². The predicted octanol–water partition coefficient (Wildman–Crippen LogP) is 7.52. The summed E-state index contributed by atoms with van der Waals surface area (Å²) in [6.45, 7) is 3.36. The molecule has 0 aromatic rings. The number of nitrogens with zero attached hydrogens (tertiary/aromatic N) is 1. The third-order valence-electron chi connectivity index (χ3n) is 5.14. The smallest absolute Gasteiger partial charge is 0.0575 e. The first-order chi connectivity index (χ1) is 11.8. The summed E-state index contributed by atoms with van der Waals surface area (Å²) in [5, 5.41) is 1.92. The molecule has 0 aromatic carbocycles. The highest BCUT2D eigenvalue weighted by molar-refractivity contribution is 4.50. The highest BCUT2D eigenvalue weighted by Gasteiger charge is 1.96. The Morgan fingerprint density at radius 2 is 0.792 bits per heavy atom. The molecule has 0 bridgehead atoms. The first kappa shape index (κ1) is 23.9. The number of rotatable bonds is 20. The van der Waals surface area contributed by atoms with Gasteiger partial charge in [0.1, 0.15) is 0 Å². The molecule has 2 nitrogen and oxygen atoms in total. The van der Waals surface area contributed by atoms with Crippen molar-refractivity contribution in [1.82, 2.24) is 5.06 Å². The van der Waals surface area contributed by atoms with E-state index < -0.39 is 0 Å². The minimum atomic E-state index is 1.06. The zero-order valence-corrected chi connectivity index (χ0v) is 17.3. The van der Waals surface area contributed by atoms with Gasteiger partial charge < -0.3 is 4.84 Å². The van der Waals surface area contributed by atoms with Crippen LogP contribution in [0, 0.1) is 0 Å². The third-order valence-corrected chi connectivity index (χ3v) is 5.14. The third kappa shape index (κ3) is 20.0. The van der Waals surface area contributed by atoms with Crippen LogP contribution in [-0.2, 0) is 4.84 Å². The lowest BCUT2D eigenvalue weighted by Crippen LogP contribution is -2.17. The van der Waals surface area contributed by atoms with Crippen molar-refractivity contribution in [2.45, 2.75) is 122 Å². The van der Waals surface area contributed by atoms with Crippen molar-refractivity contribution in [1.29, 1.82) is 0 Å². The topological polar surface area (TPSA) is 12.5 Å². The van der Waals surface area contributed by atoms with E-state index in [0.717, 1.165) is 6.54 Å². The molecule has 24 heavy (non-hydrogen) atoms. The van der Waals surface area contributed by atoms with Crippen LogP contribution in [0.15, 0.2) is 0 Å². The molecule has 0 fully saturated rings. The summed E-state index contributed by atoms with van der Waals surface area (Å²) in [4.78, 5) is 5.12. The number of hydrogen-bond acceptors (Lipinski definition) is 2. The molecule has 2 heteroatoms. The van der Waals surface area contributed by atoms with Crippen molar-refractivity contribution in [3.63, 3.8) is 0 Å². The van der Waals surface area contributed by atoms with Crippen LogP contribution in [0.25, 0.3) is 0 Å². The van der Waals surface area contributed by atoms with Gasteiger partial charge in [0.25, 0.3) is 0 Å². The van der Waals surface area contributed by atoms with Gasteiger partial charge in [-0.1, -0.05) is 116 Å². The molecule has 0 aliphatic carbocycles. The van der Waals surface area contributed by atoms with Gasteiger partial charge in [0.15, 0.2) is 0 Å². The fraction of sp³-hybridized carbons (Fsp3) is 1.00. The molecular formula is C22H47NO. The standard InChI is InChI=1S/C22H47NO/c1-4-5-6-7-8-9-10-11-12-13-14-15-16-17-18-19-20-21-22-23(2)24-3/h4-22H2,1-3H3. The second-order valence-electron chi connectivity index (χ2n) is 7.54. The van der Waals surface area contributed by atoms with Crippen molar-refractivity contribution in [3.8, 4) is 0 Å². The number of hydroxylamine groups is 2. The minimum absolute atomic E-state index is 1.06. The summed E-state index contributed by atoms with van der Waals surface area (Å²) in [6.07, 6.45) is 25.8. The molecular weight excluding hydrogens is 294 g/mol. The van der Waals surface area contributed by atoms with Crippen LogP contribution < -0.4 is 0 Å². The second kappa shape index (κ2) is 21.0. The average molecular weight is 342 g/mol. The van der Waals surface area contributed by atoms with Gasteiger partial charge in [0.2, 0.25) is 0 Å². The van der Waals surface area contributed by atoms with Gasteiger partial charge in [0.05, 0.1) is 7.11 Å². The summed E-state index contributed by atoms with van der Waals surface area (Å²) >= 11 is 0. The van der Waals surface area contributed by atoms with E-state index in [9.17, 15) is 0 Å². The summed E-state index contributed by atoms with van der Waals surface area (Å²) in [5.41, 5.74) is 0. The van der Waals surface area contributed by atoms with Gasteiger partial charge in [-0.3, -0.25) is 0 Å². The van der Waals surface area contributed by atoms with Crippen LogP contribution in [-0.4, -0.2) is 25.8 Å². The molecule has 0 spiro atoms. The lowest BCUT2D eigenvalue weighted by atomic mass is 10.0. The van der Waals surface area contributed by atoms with Crippen LogP contribution in [0.3, 0.4) is 0 Å². The minimum Gasteiger partial charge on any atom is -0.303 e. The number of unbranched alkanes of at least 4 members (excludes halogenated alkanes) is 17. The first-order valence-electron chi connectivity index (χ1n) is 11.1. The SMILES string of the molecule is CCCCCCCCCCCCCCCCCCCCN(C)OC. The van der Waals surface area contributed by atoms with Crippen molar-refractivity contribution in [2.75, 3.05) is 20.7 Å². The monoisotopic (exact) mass is 341 g/mol. The molecule has 0 aromatic heterocycles. The van der Waals surface area contributed by atoms with Crippen molar-refractivity contribution < 1.29 is 4.84 Å². The Bertz CT molecular complexity index is 220. The molecule has 0 aliphatic rings. The van der Waals surface area contributed by atoms with Gasteiger partial charge >= 0.3 is 0 Å². The van der Waals surface area contributed by atoms with Crippen molar-refractivity contribution in [2.24, 2.45) is 0 Å². The number of hydrogen-bond donors (Lipinski definition) is 0. The molecule has 0 saturated heterocycles. The largest absolute Gasteiger partial charge is 0.303 e. The fourth-order valence-electron chi connectivity index (χ4n) is 3.33. The molecule has 0 rings (SSSR count). The van der Waals surface area contributed by atoms with Gasteiger partial charge in [-0.25, -0.2) is 0 Å². The second-order valence-corrected chi connectivity index (χ2v) is 7.54. The van der Waals surface area contributed by atoms with Crippen LogP contribution in [0.4, 0.5) is 0 Å². The Labute approximate surface area is 153 Å². The van der Waals surface area contributed by atoms with Crippen LogP contribution >= 0.6 is 0 Å². The quantitative estimate of drug-likeness (QED) is 0.168. The Balaban J connectivity index is 2.98. The van der Waals surface area contributed by atoms with Crippen molar-refractivity contribution >= 4 is 0 Å². The zero-order valence-electron chi connectivity index (χ0n) is 17.3. The van der Waals surface area contributed by atoms with E-state index in [2.05, 4.69) is 6.92 Å². The Hall–Kier alpha value is -0.0800. The summed E-state index contributed by atoms with van der Waals surface area (Å²) in [6, 6.07) is 0. The van der Waals surface area contributed by atoms with E-state index >= 15 is 0 Å².